The monoisotopic (exact) mass is 459 g/mol. The van der Waals surface area contributed by atoms with Gasteiger partial charge in [-0.1, -0.05) is 84.6 Å². The van der Waals surface area contributed by atoms with Crippen molar-refractivity contribution in [1.82, 2.24) is 4.98 Å². The molecule has 6 heteroatoms. The van der Waals surface area contributed by atoms with Crippen LogP contribution in [0.15, 0.2) is 83.2 Å². The number of carboxylic acid groups (broad SMARTS) is 1. The van der Waals surface area contributed by atoms with Crippen LogP contribution in [0.2, 0.25) is 0 Å². The summed E-state index contributed by atoms with van der Waals surface area (Å²) >= 11 is 3.54. The van der Waals surface area contributed by atoms with Gasteiger partial charge in [-0.2, -0.15) is 0 Å². The lowest BCUT2D eigenvalue weighted by Crippen LogP contribution is -2.12. The molecule has 160 valence electrons. The minimum absolute atomic E-state index is 0.162. The van der Waals surface area contributed by atoms with E-state index in [1.807, 2.05) is 24.3 Å². The highest BCUT2D eigenvalue weighted by molar-refractivity contribution is 8.01. The van der Waals surface area contributed by atoms with Gasteiger partial charge < -0.3 is 9.84 Å². The highest BCUT2D eigenvalue weighted by atomic mass is 32.2. The Morgan fingerprint density at radius 3 is 2.31 bits per heavy atom. The standard InChI is InChI=1S/C26H21NO3S2/c28-23(29)16-30-21-13-7-12-20-19(21)14-15-22-24(20)27-26(31-22)32-25(17-8-3-1-4-9-17)18-10-5-2-6-11-18/h1-13,25H,14-16H2,(H,28,29). The van der Waals surface area contributed by atoms with E-state index in [0.29, 0.717) is 5.75 Å². The van der Waals surface area contributed by atoms with Crippen LogP contribution in [0.4, 0.5) is 0 Å². The zero-order chi connectivity index (χ0) is 21.9. The van der Waals surface area contributed by atoms with Crippen molar-refractivity contribution >= 4 is 29.1 Å². The van der Waals surface area contributed by atoms with Crippen LogP contribution in [-0.4, -0.2) is 22.7 Å². The van der Waals surface area contributed by atoms with E-state index in [1.54, 1.807) is 23.1 Å². The number of fused-ring (bicyclic) bond motifs is 3. The number of thioether (sulfide) groups is 1. The number of carboxylic acids is 1. The Hall–Kier alpha value is -3.09. The molecule has 1 aromatic heterocycles. The number of aromatic nitrogens is 1. The lowest BCUT2D eigenvalue weighted by molar-refractivity contribution is -0.139. The number of aliphatic carboxylic acids is 1. The van der Waals surface area contributed by atoms with Crippen LogP contribution in [0.5, 0.6) is 5.75 Å². The summed E-state index contributed by atoms with van der Waals surface area (Å²) in [4.78, 5) is 17.2. The van der Waals surface area contributed by atoms with Crippen molar-refractivity contribution in [3.05, 3.63) is 100 Å². The van der Waals surface area contributed by atoms with Crippen LogP contribution < -0.4 is 4.74 Å². The zero-order valence-electron chi connectivity index (χ0n) is 17.2. The van der Waals surface area contributed by atoms with E-state index < -0.39 is 5.97 Å². The molecular weight excluding hydrogens is 438 g/mol. The summed E-state index contributed by atoms with van der Waals surface area (Å²) in [5, 5.41) is 9.14. The van der Waals surface area contributed by atoms with Gasteiger partial charge in [0, 0.05) is 16.0 Å². The summed E-state index contributed by atoms with van der Waals surface area (Å²) in [6.07, 6.45) is 1.71. The lowest BCUT2D eigenvalue weighted by atomic mass is 9.93. The average Bonchev–Trinajstić information content (AvgIpc) is 3.25. The summed E-state index contributed by atoms with van der Waals surface area (Å²) < 4.78 is 6.58. The second-order valence-electron chi connectivity index (χ2n) is 7.54. The van der Waals surface area contributed by atoms with Crippen LogP contribution in [0.3, 0.4) is 0 Å². The Labute approximate surface area is 194 Å². The molecular formula is C26H21NO3S2. The van der Waals surface area contributed by atoms with Crippen molar-refractivity contribution in [2.75, 3.05) is 6.61 Å². The van der Waals surface area contributed by atoms with Gasteiger partial charge in [0.1, 0.15) is 5.75 Å². The fourth-order valence-corrected chi connectivity index (χ4v) is 6.52. The molecule has 1 aliphatic rings. The maximum atomic E-state index is 10.9. The minimum atomic E-state index is -0.973. The van der Waals surface area contributed by atoms with Crippen LogP contribution in [0, 0.1) is 0 Å². The predicted molar refractivity (Wildman–Crippen MR) is 129 cm³/mol. The Bertz CT molecular complexity index is 1200. The van der Waals surface area contributed by atoms with E-state index in [0.717, 1.165) is 34.0 Å². The molecule has 1 N–H and O–H groups in total. The number of ether oxygens (including phenoxy) is 1. The van der Waals surface area contributed by atoms with Crippen molar-refractivity contribution in [2.45, 2.75) is 22.4 Å². The number of aryl methyl sites for hydroxylation is 1. The largest absolute Gasteiger partial charge is 0.482 e. The topological polar surface area (TPSA) is 59.4 Å². The van der Waals surface area contributed by atoms with Gasteiger partial charge in [-0.05, 0) is 30.0 Å². The summed E-state index contributed by atoms with van der Waals surface area (Å²) in [5.74, 6) is -0.330. The van der Waals surface area contributed by atoms with Gasteiger partial charge in [-0.25, -0.2) is 9.78 Å². The lowest BCUT2D eigenvalue weighted by Gasteiger charge is -2.18. The third-order valence-corrected chi connectivity index (χ3v) is 7.96. The third-order valence-electron chi connectivity index (χ3n) is 5.44. The van der Waals surface area contributed by atoms with Crippen molar-refractivity contribution < 1.29 is 14.6 Å². The molecule has 0 saturated heterocycles. The van der Waals surface area contributed by atoms with Crippen LogP contribution in [0.25, 0.3) is 11.3 Å². The molecule has 1 heterocycles. The Morgan fingerprint density at radius 2 is 1.66 bits per heavy atom. The van der Waals surface area contributed by atoms with Gasteiger partial charge >= 0.3 is 5.97 Å². The van der Waals surface area contributed by atoms with Gasteiger partial charge in [0.2, 0.25) is 0 Å². The number of thiazole rings is 1. The second-order valence-corrected chi connectivity index (χ2v) is 9.97. The van der Waals surface area contributed by atoms with E-state index in [9.17, 15) is 4.79 Å². The number of nitrogens with zero attached hydrogens (tertiary/aromatic N) is 1. The van der Waals surface area contributed by atoms with Gasteiger partial charge in [0.25, 0.3) is 0 Å². The Kier molecular flexibility index (Phi) is 5.97. The highest BCUT2D eigenvalue weighted by Gasteiger charge is 2.25. The summed E-state index contributed by atoms with van der Waals surface area (Å²) in [6.45, 7) is -0.336. The SMILES string of the molecule is O=C(O)COc1cccc2c1CCc1sc(SC(c3ccccc3)c3ccccc3)nc1-2. The molecule has 3 aromatic carbocycles. The number of hydrogen-bond acceptors (Lipinski definition) is 5. The quantitative estimate of drug-likeness (QED) is 0.331. The molecule has 1 aliphatic carbocycles. The van der Waals surface area contributed by atoms with E-state index >= 15 is 0 Å². The van der Waals surface area contributed by atoms with Crippen molar-refractivity contribution in [3.63, 3.8) is 0 Å². The first-order valence-electron chi connectivity index (χ1n) is 10.4. The summed E-state index contributed by atoms with van der Waals surface area (Å²) in [6, 6.07) is 26.9. The van der Waals surface area contributed by atoms with E-state index in [-0.39, 0.29) is 11.9 Å². The first-order valence-corrected chi connectivity index (χ1v) is 12.1. The molecule has 0 amide bonds. The fourth-order valence-electron chi connectivity index (χ4n) is 4.00. The molecule has 5 rings (SSSR count). The minimum Gasteiger partial charge on any atom is -0.482 e. The molecule has 0 fully saturated rings. The van der Waals surface area contributed by atoms with Gasteiger partial charge in [-0.15, -0.1) is 11.3 Å². The highest BCUT2D eigenvalue weighted by Crippen LogP contribution is 2.46. The molecule has 0 atom stereocenters. The van der Waals surface area contributed by atoms with Crippen molar-refractivity contribution in [1.29, 1.82) is 0 Å². The first-order chi connectivity index (χ1) is 15.7. The fraction of sp³-hybridized carbons (Fsp3) is 0.154. The van der Waals surface area contributed by atoms with Gasteiger partial charge in [0.05, 0.1) is 10.9 Å². The van der Waals surface area contributed by atoms with Crippen LogP contribution in [0.1, 0.15) is 26.8 Å². The Morgan fingerprint density at radius 1 is 0.969 bits per heavy atom. The Balaban J connectivity index is 1.48. The molecule has 32 heavy (non-hydrogen) atoms. The summed E-state index contributed by atoms with van der Waals surface area (Å²) in [7, 11) is 0. The van der Waals surface area contributed by atoms with E-state index in [2.05, 4.69) is 54.6 Å². The molecule has 0 unspecified atom stereocenters. The van der Waals surface area contributed by atoms with Gasteiger partial charge in [-0.3, -0.25) is 0 Å². The third kappa shape index (κ3) is 4.29. The zero-order valence-corrected chi connectivity index (χ0v) is 18.9. The van der Waals surface area contributed by atoms with Crippen LogP contribution in [-0.2, 0) is 17.6 Å². The number of carbonyl (C=O) groups is 1. The number of hydrogen-bond donors (Lipinski definition) is 1. The van der Waals surface area contributed by atoms with E-state index in [1.165, 1.54) is 16.0 Å². The molecule has 0 spiro atoms. The van der Waals surface area contributed by atoms with E-state index in [4.69, 9.17) is 14.8 Å². The molecule has 0 saturated carbocycles. The molecule has 0 radical (unpaired) electrons. The summed E-state index contributed by atoms with van der Waals surface area (Å²) in [5.41, 5.74) is 5.60. The smallest absolute Gasteiger partial charge is 0.341 e. The van der Waals surface area contributed by atoms with Crippen LogP contribution >= 0.6 is 23.1 Å². The second kappa shape index (κ2) is 9.18. The average molecular weight is 460 g/mol. The molecule has 4 aromatic rings. The molecule has 0 bridgehead atoms. The maximum absolute atomic E-state index is 10.9. The predicted octanol–water partition coefficient (Wildman–Crippen LogP) is 6.25. The first kappa shape index (κ1) is 20.8. The van der Waals surface area contributed by atoms with Crippen molar-refractivity contribution in [2.24, 2.45) is 0 Å². The van der Waals surface area contributed by atoms with Gasteiger partial charge in [0.15, 0.2) is 10.9 Å². The van der Waals surface area contributed by atoms with Crippen molar-refractivity contribution in [3.8, 4) is 17.0 Å². The molecule has 0 aliphatic heterocycles. The maximum Gasteiger partial charge on any atom is 0.341 e. The number of rotatable bonds is 7. The number of benzene rings is 3. The normalized spacial score (nSPS) is 12.3. The molecule has 4 nitrogen and oxygen atoms in total.